The maximum absolute atomic E-state index is 13.1. The number of hydrogen-bond acceptors (Lipinski definition) is 3. The lowest BCUT2D eigenvalue weighted by Crippen LogP contribution is -2.34. The van der Waals surface area contributed by atoms with Gasteiger partial charge >= 0.3 is 12.8 Å². The summed E-state index contributed by atoms with van der Waals surface area (Å²) in [6, 6.07) is 2.88. The van der Waals surface area contributed by atoms with Crippen molar-refractivity contribution >= 4 is 0 Å². The zero-order chi connectivity index (χ0) is 20.4. The summed E-state index contributed by atoms with van der Waals surface area (Å²) in [5.74, 6) is -0.217. The molecular weight excluding hydrogens is 369 g/mol. The Morgan fingerprint density at radius 1 is 1.11 bits per heavy atom. The lowest BCUT2D eigenvalue weighted by molar-refractivity contribution is -0.211. The predicted molar refractivity (Wildman–Crippen MR) is 90.7 cm³/mol. The molecule has 0 aliphatic carbocycles. The largest absolute Gasteiger partial charge is 0.434 e. The average Bonchev–Trinajstić information content (AvgIpc) is 2.96. The van der Waals surface area contributed by atoms with Gasteiger partial charge in [0.05, 0.1) is 22.4 Å². The van der Waals surface area contributed by atoms with E-state index in [1.807, 2.05) is 13.8 Å². The normalized spacial score (nSPS) is 12.7. The fraction of sp³-hybridized carbons (Fsp3) is 0.556. The van der Waals surface area contributed by atoms with Crippen LogP contribution in [-0.2, 0) is 19.4 Å². The van der Waals surface area contributed by atoms with Crippen LogP contribution < -0.4 is 4.74 Å². The molecule has 2 rings (SSSR count). The first-order chi connectivity index (χ1) is 12.5. The summed E-state index contributed by atoms with van der Waals surface area (Å²) in [5, 5.41) is 4.36. The van der Waals surface area contributed by atoms with E-state index in [0.29, 0.717) is 18.7 Å². The van der Waals surface area contributed by atoms with Crippen LogP contribution in [-0.4, -0.2) is 27.6 Å². The molecule has 0 aromatic carbocycles. The molecule has 0 aliphatic heterocycles. The Hall–Kier alpha value is -2.19. The minimum atomic E-state index is -4.45. The Kier molecular flexibility index (Phi) is 6.11. The van der Waals surface area contributed by atoms with Crippen LogP contribution in [0.5, 0.6) is 5.75 Å². The van der Waals surface area contributed by atoms with Crippen LogP contribution in [0.2, 0.25) is 0 Å². The SMILES string of the molecule is CCc1cc(-c2cnc(CC(C)(C)C(F)(F)F)cc2OC(F)F)n(CC)n1. The standard InChI is InChI=1S/C18H22F5N3O/c1-5-11-7-14(26(6-2)25-11)13-10-24-12(8-15(13)27-16(19)20)9-17(3,4)18(21,22)23/h7-8,10,16H,5-6,9H2,1-4H3. The van der Waals surface area contributed by atoms with Gasteiger partial charge in [-0.2, -0.15) is 27.1 Å². The summed E-state index contributed by atoms with van der Waals surface area (Å²) in [7, 11) is 0. The van der Waals surface area contributed by atoms with Gasteiger partial charge in [0.1, 0.15) is 5.75 Å². The minimum Gasteiger partial charge on any atom is -0.434 e. The number of aromatic nitrogens is 3. The van der Waals surface area contributed by atoms with E-state index in [1.54, 1.807) is 10.7 Å². The molecule has 0 unspecified atom stereocenters. The van der Waals surface area contributed by atoms with Crippen LogP contribution in [0, 0.1) is 5.41 Å². The van der Waals surface area contributed by atoms with Gasteiger partial charge in [0.25, 0.3) is 0 Å². The monoisotopic (exact) mass is 391 g/mol. The van der Waals surface area contributed by atoms with Crippen LogP contribution in [0.3, 0.4) is 0 Å². The van der Waals surface area contributed by atoms with Gasteiger partial charge in [0.15, 0.2) is 0 Å². The van der Waals surface area contributed by atoms with E-state index < -0.39 is 24.6 Å². The number of alkyl halides is 5. The lowest BCUT2D eigenvalue weighted by Gasteiger charge is -2.27. The topological polar surface area (TPSA) is 39.9 Å². The van der Waals surface area contributed by atoms with E-state index in [2.05, 4.69) is 14.8 Å². The Morgan fingerprint density at radius 2 is 1.78 bits per heavy atom. The molecule has 0 radical (unpaired) electrons. The molecule has 2 aromatic rings. The second-order valence-electron chi connectivity index (χ2n) is 6.80. The van der Waals surface area contributed by atoms with Gasteiger partial charge in [0, 0.05) is 30.9 Å². The van der Waals surface area contributed by atoms with E-state index in [1.165, 1.54) is 6.20 Å². The number of rotatable bonds is 7. The summed E-state index contributed by atoms with van der Waals surface area (Å²) in [6.45, 7) is 3.21. The van der Waals surface area contributed by atoms with E-state index in [9.17, 15) is 22.0 Å². The van der Waals surface area contributed by atoms with Crippen LogP contribution in [0.1, 0.15) is 39.1 Å². The third-order valence-corrected chi connectivity index (χ3v) is 4.30. The maximum Gasteiger partial charge on any atom is 0.394 e. The van der Waals surface area contributed by atoms with Gasteiger partial charge in [-0.3, -0.25) is 9.67 Å². The molecule has 150 valence electrons. The van der Waals surface area contributed by atoms with E-state index >= 15 is 0 Å². The highest BCUT2D eigenvalue weighted by molar-refractivity contribution is 5.67. The van der Waals surface area contributed by atoms with Crippen molar-refractivity contribution in [3.8, 4) is 17.0 Å². The molecule has 0 fully saturated rings. The predicted octanol–water partition coefficient (Wildman–Crippen LogP) is 5.26. The molecule has 0 bridgehead atoms. The molecule has 2 heterocycles. The number of aryl methyl sites for hydroxylation is 2. The van der Waals surface area contributed by atoms with Gasteiger partial charge in [-0.1, -0.05) is 20.8 Å². The smallest absolute Gasteiger partial charge is 0.394 e. The maximum atomic E-state index is 13.1. The Balaban J connectivity index is 2.49. The molecule has 4 nitrogen and oxygen atoms in total. The van der Waals surface area contributed by atoms with Crippen LogP contribution in [0.15, 0.2) is 18.3 Å². The quantitative estimate of drug-likeness (QED) is 0.605. The van der Waals surface area contributed by atoms with E-state index in [0.717, 1.165) is 25.6 Å². The van der Waals surface area contributed by atoms with Gasteiger partial charge in [-0.25, -0.2) is 0 Å². The highest BCUT2D eigenvalue weighted by Crippen LogP contribution is 2.41. The first-order valence-electron chi connectivity index (χ1n) is 8.56. The summed E-state index contributed by atoms with van der Waals surface area (Å²) >= 11 is 0. The van der Waals surface area contributed by atoms with Crippen LogP contribution >= 0.6 is 0 Å². The second kappa shape index (κ2) is 7.82. The van der Waals surface area contributed by atoms with Gasteiger partial charge in [0.2, 0.25) is 0 Å². The highest BCUT2D eigenvalue weighted by Gasteiger charge is 2.47. The lowest BCUT2D eigenvalue weighted by atomic mass is 9.86. The molecule has 27 heavy (non-hydrogen) atoms. The molecule has 9 heteroatoms. The Morgan fingerprint density at radius 3 is 2.30 bits per heavy atom. The molecular formula is C18H22F5N3O. The third-order valence-electron chi connectivity index (χ3n) is 4.30. The van der Waals surface area contributed by atoms with Crippen molar-refractivity contribution in [3.05, 3.63) is 29.7 Å². The number of nitrogens with zero attached hydrogens (tertiary/aromatic N) is 3. The van der Waals surface area contributed by atoms with Crippen LogP contribution in [0.25, 0.3) is 11.3 Å². The summed E-state index contributed by atoms with van der Waals surface area (Å²) in [5.41, 5.74) is -0.478. The minimum absolute atomic E-state index is 0.0232. The number of pyridine rings is 1. The van der Waals surface area contributed by atoms with Crippen molar-refractivity contribution in [1.82, 2.24) is 14.8 Å². The molecule has 0 saturated heterocycles. The molecule has 2 aromatic heterocycles. The number of ether oxygens (including phenoxy) is 1. The van der Waals surface area contributed by atoms with Crippen molar-refractivity contribution < 1.29 is 26.7 Å². The van der Waals surface area contributed by atoms with Gasteiger partial charge < -0.3 is 4.74 Å². The van der Waals surface area contributed by atoms with Crippen molar-refractivity contribution in [2.45, 2.75) is 59.9 Å². The van der Waals surface area contributed by atoms with Gasteiger partial charge in [-0.15, -0.1) is 0 Å². The fourth-order valence-corrected chi connectivity index (χ4v) is 2.61. The van der Waals surface area contributed by atoms with Crippen molar-refractivity contribution in [2.24, 2.45) is 5.41 Å². The van der Waals surface area contributed by atoms with E-state index in [4.69, 9.17) is 0 Å². The Labute approximate surface area is 154 Å². The zero-order valence-corrected chi connectivity index (χ0v) is 15.6. The summed E-state index contributed by atoms with van der Waals surface area (Å²) < 4.78 is 71.3. The van der Waals surface area contributed by atoms with Crippen LogP contribution in [0.4, 0.5) is 22.0 Å². The first-order valence-corrected chi connectivity index (χ1v) is 8.56. The van der Waals surface area contributed by atoms with E-state index in [-0.39, 0.29) is 17.0 Å². The molecule has 0 saturated carbocycles. The Bertz CT molecular complexity index is 784. The molecule has 0 spiro atoms. The molecule has 0 N–H and O–H groups in total. The van der Waals surface area contributed by atoms with Crippen molar-refractivity contribution in [2.75, 3.05) is 0 Å². The second-order valence-corrected chi connectivity index (χ2v) is 6.80. The van der Waals surface area contributed by atoms with Crippen molar-refractivity contribution in [1.29, 1.82) is 0 Å². The highest BCUT2D eigenvalue weighted by atomic mass is 19.4. The number of halogens is 5. The first kappa shape index (κ1) is 21.1. The summed E-state index contributed by atoms with van der Waals surface area (Å²) in [6.07, 6.45) is -2.99. The number of hydrogen-bond donors (Lipinski definition) is 0. The van der Waals surface area contributed by atoms with Crippen molar-refractivity contribution in [3.63, 3.8) is 0 Å². The molecule has 0 aliphatic rings. The average molecular weight is 391 g/mol. The third kappa shape index (κ3) is 4.75. The zero-order valence-electron chi connectivity index (χ0n) is 15.6. The fourth-order valence-electron chi connectivity index (χ4n) is 2.61. The molecule has 0 amide bonds. The summed E-state index contributed by atoms with van der Waals surface area (Å²) in [4.78, 5) is 4.07. The van der Waals surface area contributed by atoms with Gasteiger partial charge in [-0.05, 0) is 19.4 Å². The molecule has 0 atom stereocenters.